The van der Waals surface area contributed by atoms with Gasteiger partial charge < -0.3 is 10.0 Å². The van der Waals surface area contributed by atoms with Gasteiger partial charge in [-0.2, -0.15) is 0 Å². The molecule has 4 rings (SSSR count). The van der Waals surface area contributed by atoms with Crippen LogP contribution >= 0.6 is 0 Å². The number of rotatable bonds is 2. The highest BCUT2D eigenvalue weighted by Crippen LogP contribution is 2.23. The van der Waals surface area contributed by atoms with E-state index in [0.29, 0.717) is 53.9 Å². The molecule has 2 heterocycles. The molecule has 1 aliphatic heterocycles. The maximum absolute atomic E-state index is 12.9. The molecule has 3 aromatic rings. The summed E-state index contributed by atoms with van der Waals surface area (Å²) in [5.74, 6) is 0.545. The normalized spacial score (nSPS) is 16.3. The second-order valence-corrected chi connectivity index (χ2v) is 7.65. The Balaban J connectivity index is 1.63. The van der Waals surface area contributed by atoms with Gasteiger partial charge in [0.2, 0.25) is 0 Å². The van der Waals surface area contributed by atoms with Gasteiger partial charge in [0, 0.05) is 18.7 Å². The van der Waals surface area contributed by atoms with Crippen LogP contribution < -0.4 is 5.56 Å². The van der Waals surface area contributed by atoms with Gasteiger partial charge in [-0.15, -0.1) is 0 Å². The Labute approximate surface area is 163 Å². The first-order valence-corrected chi connectivity index (χ1v) is 9.46. The number of benzene rings is 2. The zero-order valence-corrected chi connectivity index (χ0v) is 16.1. The highest BCUT2D eigenvalue weighted by atomic mass is 16.3. The molecule has 0 saturated carbocycles. The van der Waals surface area contributed by atoms with Gasteiger partial charge in [0.05, 0.1) is 22.2 Å². The standard InChI is InChI=1S/C22H23N3O3/c1-15-23-19-6-4-3-5-18(19)21(27)25(15)17-9-7-16(8-10-17)20(26)24-13-11-22(2,28)12-14-24/h3-10,28H,11-14H2,1-2H3. The first-order chi connectivity index (χ1) is 13.4. The number of hydrogen-bond donors (Lipinski definition) is 1. The van der Waals surface area contributed by atoms with Gasteiger partial charge in [0.1, 0.15) is 5.82 Å². The van der Waals surface area contributed by atoms with E-state index in [1.165, 1.54) is 0 Å². The fourth-order valence-electron chi connectivity index (χ4n) is 3.67. The molecule has 1 aromatic heterocycles. The average molecular weight is 377 g/mol. The van der Waals surface area contributed by atoms with Crippen molar-refractivity contribution >= 4 is 16.8 Å². The van der Waals surface area contributed by atoms with Crippen molar-refractivity contribution < 1.29 is 9.90 Å². The number of carbonyl (C=O) groups excluding carboxylic acids is 1. The topological polar surface area (TPSA) is 75.4 Å². The number of hydrogen-bond acceptors (Lipinski definition) is 4. The van der Waals surface area contributed by atoms with E-state index >= 15 is 0 Å². The number of carbonyl (C=O) groups is 1. The maximum Gasteiger partial charge on any atom is 0.265 e. The number of fused-ring (bicyclic) bond motifs is 1. The van der Waals surface area contributed by atoms with Crippen molar-refractivity contribution in [2.75, 3.05) is 13.1 Å². The summed E-state index contributed by atoms with van der Waals surface area (Å²) in [4.78, 5) is 31.9. The lowest BCUT2D eigenvalue weighted by atomic mass is 9.93. The minimum absolute atomic E-state index is 0.0530. The average Bonchev–Trinajstić information content (AvgIpc) is 2.68. The van der Waals surface area contributed by atoms with E-state index in [1.807, 2.05) is 18.2 Å². The van der Waals surface area contributed by atoms with Crippen LogP contribution in [0.4, 0.5) is 0 Å². The van der Waals surface area contributed by atoms with E-state index in [0.717, 1.165) is 0 Å². The van der Waals surface area contributed by atoms with Gasteiger partial charge in [-0.1, -0.05) is 12.1 Å². The summed E-state index contributed by atoms with van der Waals surface area (Å²) in [6, 6.07) is 14.3. The van der Waals surface area contributed by atoms with Crippen LogP contribution in [-0.4, -0.2) is 44.2 Å². The molecule has 1 N–H and O–H groups in total. The second-order valence-electron chi connectivity index (χ2n) is 7.65. The monoisotopic (exact) mass is 377 g/mol. The van der Waals surface area contributed by atoms with Gasteiger partial charge in [-0.05, 0) is 63.1 Å². The first kappa shape index (κ1) is 18.4. The summed E-state index contributed by atoms with van der Waals surface area (Å²) >= 11 is 0. The summed E-state index contributed by atoms with van der Waals surface area (Å²) in [6.07, 6.45) is 1.16. The molecule has 0 spiro atoms. The van der Waals surface area contributed by atoms with Crippen LogP contribution in [0.3, 0.4) is 0 Å². The summed E-state index contributed by atoms with van der Waals surface area (Å²) < 4.78 is 1.56. The lowest BCUT2D eigenvalue weighted by Gasteiger charge is -2.35. The molecule has 1 fully saturated rings. The number of aliphatic hydroxyl groups is 1. The molecule has 0 radical (unpaired) electrons. The Hall–Kier alpha value is -2.99. The Morgan fingerprint density at radius 2 is 1.71 bits per heavy atom. The van der Waals surface area contributed by atoms with E-state index < -0.39 is 5.60 Å². The van der Waals surface area contributed by atoms with E-state index in [1.54, 1.807) is 53.6 Å². The maximum atomic E-state index is 12.9. The van der Waals surface area contributed by atoms with Crippen LogP contribution in [0.1, 0.15) is 35.9 Å². The summed E-state index contributed by atoms with van der Waals surface area (Å²) in [6.45, 7) is 4.69. The van der Waals surface area contributed by atoms with Crippen LogP contribution in [0, 0.1) is 6.92 Å². The highest BCUT2D eigenvalue weighted by Gasteiger charge is 2.29. The largest absolute Gasteiger partial charge is 0.390 e. The summed E-state index contributed by atoms with van der Waals surface area (Å²) in [5, 5.41) is 10.6. The molecule has 6 heteroatoms. The number of amides is 1. The number of likely N-dealkylation sites (tertiary alicyclic amines) is 1. The molecule has 144 valence electrons. The predicted octanol–water partition coefficient (Wildman–Crippen LogP) is 2.68. The zero-order chi connectivity index (χ0) is 19.9. The molecule has 28 heavy (non-hydrogen) atoms. The van der Waals surface area contributed by atoms with Crippen molar-refractivity contribution in [3.05, 3.63) is 70.3 Å². The van der Waals surface area contributed by atoms with Gasteiger partial charge in [0.15, 0.2) is 0 Å². The highest BCUT2D eigenvalue weighted by molar-refractivity contribution is 5.94. The molecule has 0 unspecified atom stereocenters. The van der Waals surface area contributed by atoms with Crippen molar-refractivity contribution in [2.45, 2.75) is 32.3 Å². The molecule has 1 amide bonds. The fourth-order valence-corrected chi connectivity index (χ4v) is 3.67. The summed E-state index contributed by atoms with van der Waals surface area (Å²) in [7, 11) is 0. The van der Waals surface area contributed by atoms with E-state index in [2.05, 4.69) is 4.98 Å². The third kappa shape index (κ3) is 3.31. The van der Waals surface area contributed by atoms with E-state index in [9.17, 15) is 14.7 Å². The van der Waals surface area contributed by atoms with Crippen molar-refractivity contribution in [3.8, 4) is 5.69 Å². The van der Waals surface area contributed by atoms with Crippen LogP contribution in [0.2, 0.25) is 0 Å². The Kier molecular flexibility index (Phi) is 4.51. The van der Waals surface area contributed by atoms with Crippen molar-refractivity contribution in [1.29, 1.82) is 0 Å². The lowest BCUT2D eigenvalue weighted by Crippen LogP contribution is -2.45. The molecular weight excluding hydrogens is 354 g/mol. The third-order valence-electron chi connectivity index (χ3n) is 5.44. The predicted molar refractivity (Wildman–Crippen MR) is 108 cm³/mol. The Morgan fingerprint density at radius 3 is 2.39 bits per heavy atom. The van der Waals surface area contributed by atoms with Crippen LogP contribution in [0.25, 0.3) is 16.6 Å². The number of para-hydroxylation sites is 1. The Bertz CT molecular complexity index is 1090. The number of aryl methyl sites for hydroxylation is 1. The minimum atomic E-state index is -0.692. The van der Waals surface area contributed by atoms with E-state index in [-0.39, 0.29) is 11.5 Å². The second kappa shape index (κ2) is 6.87. The number of piperidine rings is 1. The Morgan fingerprint density at radius 1 is 1.07 bits per heavy atom. The fraction of sp³-hybridized carbons (Fsp3) is 0.318. The number of aromatic nitrogens is 2. The summed E-state index contributed by atoms with van der Waals surface area (Å²) in [5.41, 5.74) is 1.11. The molecule has 1 saturated heterocycles. The van der Waals surface area contributed by atoms with Crippen LogP contribution in [0.5, 0.6) is 0 Å². The van der Waals surface area contributed by atoms with Crippen molar-refractivity contribution in [1.82, 2.24) is 14.5 Å². The van der Waals surface area contributed by atoms with Crippen molar-refractivity contribution in [2.24, 2.45) is 0 Å². The van der Waals surface area contributed by atoms with Gasteiger partial charge in [-0.25, -0.2) is 4.98 Å². The molecular formula is C22H23N3O3. The van der Waals surface area contributed by atoms with Gasteiger partial charge in [-0.3, -0.25) is 14.2 Å². The quantitative estimate of drug-likeness (QED) is 0.745. The SMILES string of the molecule is Cc1nc2ccccc2c(=O)n1-c1ccc(C(=O)N2CCC(C)(O)CC2)cc1. The zero-order valence-electron chi connectivity index (χ0n) is 16.1. The lowest BCUT2D eigenvalue weighted by molar-refractivity contribution is -0.00202. The van der Waals surface area contributed by atoms with Crippen LogP contribution in [-0.2, 0) is 0 Å². The van der Waals surface area contributed by atoms with Gasteiger partial charge >= 0.3 is 0 Å². The van der Waals surface area contributed by atoms with E-state index in [4.69, 9.17) is 0 Å². The molecule has 0 atom stereocenters. The third-order valence-corrected chi connectivity index (χ3v) is 5.44. The molecule has 1 aliphatic rings. The first-order valence-electron chi connectivity index (χ1n) is 9.46. The smallest absolute Gasteiger partial charge is 0.265 e. The minimum Gasteiger partial charge on any atom is -0.390 e. The van der Waals surface area contributed by atoms with Gasteiger partial charge in [0.25, 0.3) is 11.5 Å². The molecule has 2 aromatic carbocycles. The number of nitrogens with zero attached hydrogens (tertiary/aromatic N) is 3. The van der Waals surface area contributed by atoms with Crippen LogP contribution in [0.15, 0.2) is 53.3 Å². The molecule has 0 aliphatic carbocycles. The molecule has 0 bridgehead atoms. The molecule has 6 nitrogen and oxygen atoms in total. The van der Waals surface area contributed by atoms with Crippen molar-refractivity contribution in [3.63, 3.8) is 0 Å².